The lowest BCUT2D eigenvalue weighted by Gasteiger charge is -2.39. The minimum absolute atomic E-state index is 0.237. The van der Waals surface area contributed by atoms with Gasteiger partial charge in [-0.15, -0.1) is 0 Å². The Bertz CT molecular complexity index is 308. The minimum atomic E-state index is -0.271. The van der Waals surface area contributed by atoms with Crippen molar-refractivity contribution in [2.45, 2.75) is 71.3 Å². The predicted octanol–water partition coefficient (Wildman–Crippen LogP) is 2.84. The molecule has 2 unspecified atom stereocenters. The molecule has 2 aliphatic rings. The summed E-state index contributed by atoms with van der Waals surface area (Å²) < 4.78 is 0. The first-order valence-electron chi connectivity index (χ1n) is 8.07. The largest absolute Gasteiger partial charge is 0.353 e. The summed E-state index contributed by atoms with van der Waals surface area (Å²) in [5.74, 6) is 1.74. The Hall–Kier alpha value is -0.570. The van der Waals surface area contributed by atoms with Gasteiger partial charge in [-0.2, -0.15) is 0 Å². The highest BCUT2D eigenvalue weighted by atomic mass is 16.2. The molecule has 0 aromatic carbocycles. The number of carbonyl (C=O) groups excluding carboxylic acids is 1. The molecule has 3 heteroatoms. The van der Waals surface area contributed by atoms with Gasteiger partial charge in [-0.1, -0.05) is 26.7 Å². The Morgan fingerprint density at radius 1 is 1.16 bits per heavy atom. The monoisotopic (exact) mass is 266 g/mol. The molecule has 0 aromatic rings. The smallest absolute Gasteiger partial charge is 0.227 e. The van der Waals surface area contributed by atoms with E-state index < -0.39 is 0 Å². The van der Waals surface area contributed by atoms with Crippen molar-refractivity contribution in [2.75, 3.05) is 6.54 Å². The van der Waals surface area contributed by atoms with Crippen molar-refractivity contribution in [3.05, 3.63) is 0 Å². The van der Waals surface area contributed by atoms with Gasteiger partial charge in [0.05, 0.1) is 5.41 Å². The van der Waals surface area contributed by atoms with Crippen molar-refractivity contribution < 1.29 is 4.79 Å². The lowest BCUT2D eigenvalue weighted by molar-refractivity contribution is -0.133. The molecule has 19 heavy (non-hydrogen) atoms. The van der Waals surface area contributed by atoms with Crippen molar-refractivity contribution in [1.82, 2.24) is 5.32 Å². The van der Waals surface area contributed by atoms with E-state index in [4.69, 9.17) is 5.73 Å². The van der Waals surface area contributed by atoms with Gasteiger partial charge in [0, 0.05) is 12.6 Å². The average Bonchev–Trinajstić information content (AvgIpc) is 2.40. The van der Waals surface area contributed by atoms with E-state index in [0.29, 0.717) is 12.6 Å². The van der Waals surface area contributed by atoms with Gasteiger partial charge in [-0.3, -0.25) is 4.79 Å². The third kappa shape index (κ3) is 3.50. The summed E-state index contributed by atoms with van der Waals surface area (Å²) in [4.78, 5) is 12.6. The molecule has 2 fully saturated rings. The molecule has 2 rings (SSSR count). The maximum Gasteiger partial charge on any atom is 0.227 e. The van der Waals surface area contributed by atoms with Crippen LogP contribution in [-0.2, 0) is 4.79 Å². The van der Waals surface area contributed by atoms with E-state index in [1.807, 2.05) is 0 Å². The highest BCUT2D eigenvalue weighted by Crippen LogP contribution is 2.38. The molecule has 110 valence electrons. The zero-order valence-corrected chi connectivity index (χ0v) is 12.6. The topological polar surface area (TPSA) is 55.1 Å². The number of nitrogens with two attached hydrogens (primary N) is 1. The summed E-state index contributed by atoms with van der Waals surface area (Å²) in [7, 11) is 0. The van der Waals surface area contributed by atoms with Crippen molar-refractivity contribution in [3.8, 4) is 0 Å². The van der Waals surface area contributed by atoms with Crippen molar-refractivity contribution in [2.24, 2.45) is 23.0 Å². The molecule has 0 radical (unpaired) electrons. The van der Waals surface area contributed by atoms with Crippen molar-refractivity contribution in [1.29, 1.82) is 0 Å². The van der Waals surface area contributed by atoms with Gasteiger partial charge >= 0.3 is 0 Å². The quantitative estimate of drug-likeness (QED) is 0.825. The first kappa shape index (κ1) is 14.8. The summed E-state index contributed by atoms with van der Waals surface area (Å²) >= 11 is 0. The molecular weight excluding hydrogens is 236 g/mol. The van der Waals surface area contributed by atoms with Gasteiger partial charge < -0.3 is 11.1 Å². The fourth-order valence-corrected chi connectivity index (χ4v) is 3.74. The number of hydrogen-bond donors (Lipinski definition) is 2. The molecular formula is C16H30N2O. The Morgan fingerprint density at radius 3 is 2.42 bits per heavy atom. The van der Waals surface area contributed by atoms with E-state index >= 15 is 0 Å². The number of nitrogens with one attached hydrogen (secondary N) is 1. The van der Waals surface area contributed by atoms with Crippen LogP contribution in [-0.4, -0.2) is 18.5 Å². The third-order valence-electron chi connectivity index (χ3n) is 5.38. The van der Waals surface area contributed by atoms with E-state index in [1.54, 1.807) is 0 Å². The summed E-state index contributed by atoms with van der Waals surface area (Å²) in [5, 5.41) is 3.31. The fourth-order valence-electron chi connectivity index (χ4n) is 3.74. The summed E-state index contributed by atoms with van der Waals surface area (Å²) in [6.45, 7) is 5.08. The van der Waals surface area contributed by atoms with Gasteiger partial charge in [-0.05, 0) is 50.4 Å². The molecule has 0 heterocycles. The number of rotatable bonds is 3. The number of hydrogen-bond acceptors (Lipinski definition) is 2. The second-order valence-corrected chi connectivity index (χ2v) is 7.11. The maximum absolute atomic E-state index is 12.6. The molecule has 0 bridgehead atoms. The van der Waals surface area contributed by atoms with E-state index in [1.165, 1.54) is 12.8 Å². The van der Waals surface area contributed by atoms with Crippen LogP contribution in [0.1, 0.15) is 65.2 Å². The third-order valence-corrected chi connectivity index (χ3v) is 5.38. The molecule has 3 N–H and O–H groups in total. The molecule has 2 aliphatic carbocycles. The molecule has 0 saturated heterocycles. The van der Waals surface area contributed by atoms with Crippen LogP contribution in [0.3, 0.4) is 0 Å². The molecule has 2 atom stereocenters. The minimum Gasteiger partial charge on any atom is -0.353 e. The zero-order chi connectivity index (χ0) is 13.9. The molecule has 0 aromatic heterocycles. The molecule has 0 aliphatic heterocycles. The SMILES string of the molecule is CC1CCC(CN)(C(=O)NC2CCCC(C)C2)CC1. The van der Waals surface area contributed by atoms with Gasteiger partial charge in [0.2, 0.25) is 5.91 Å². The van der Waals surface area contributed by atoms with Crippen LogP contribution < -0.4 is 11.1 Å². The molecule has 0 spiro atoms. The Labute approximate surface area is 117 Å². The van der Waals surface area contributed by atoms with E-state index in [9.17, 15) is 4.79 Å². The number of amides is 1. The molecule has 2 saturated carbocycles. The number of carbonyl (C=O) groups is 1. The molecule has 3 nitrogen and oxygen atoms in total. The van der Waals surface area contributed by atoms with Gasteiger partial charge in [0.1, 0.15) is 0 Å². The summed E-state index contributed by atoms with van der Waals surface area (Å²) in [6, 6.07) is 0.388. The normalized spacial score (nSPS) is 39.8. The van der Waals surface area contributed by atoms with E-state index in [-0.39, 0.29) is 11.3 Å². The standard InChI is InChI=1S/C16H30N2O/c1-12-6-8-16(11-17,9-7-12)15(19)18-14-5-3-4-13(2)10-14/h12-14H,3-11,17H2,1-2H3,(H,18,19). The van der Waals surface area contributed by atoms with E-state index in [0.717, 1.165) is 50.4 Å². The van der Waals surface area contributed by atoms with Crippen LogP contribution in [0.4, 0.5) is 0 Å². The highest BCUT2D eigenvalue weighted by molar-refractivity contribution is 5.83. The van der Waals surface area contributed by atoms with Gasteiger partial charge in [0.15, 0.2) is 0 Å². The predicted molar refractivity (Wildman–Crippen MR) is 78.7 cm³/mol. The Kier molecular flexibility index (Phi) is 4.88. The lowest BCUT2D eigenvalue weighted by atomic mass is 9.70. The van der Waals surface area contributed by atoms with Crippen LogP contribution in [0, 0.1) is 17.3 Å². The van der Waals surface area contributed by atoms with Crippen LogP contribution in [0.5, 0.6) is 0 Å². The van der Waals surface area contributed by atoms with Gasteiger partial charge in [0.25, 0.3) is 0 Å². The first-order valence-corrected chi connectivity index (χ1v) is 8.07. The fraction of sp³-hybridized carbons (Fsp3) is 0.938. The average molecular weight is 266 g/mol. The summed E-state index contributed by atoms with van der Waals surface area (Å²) in [6.07, 6.45) is 9.08. The summed E-state index contributed by atoms with van der Waals surface area (Å²) in [5.41, 5.74) is 5.69. The Morgan fingerprint density at radius 2 is 1.84 bits per heavy atom. The Balaban J connectivity index is 1.93. The van der Waals surface area contributed by atoms with Crippen molar-refractivity contribution in [3.63, 3.8) is 0 Å². The second kappa shape index (κ2) is 6.25. The van der Waals surface area contributed by atoms with Crippen LogP contribution >= 0.6 is 0 Å². The zero-order valence-electron chi connectivity index (χ0n) is 12.6. The van der Waals surface area contributed by atoms with E-state index in [2.05, 4.69) is 19.2 Å². The molecule has 1 amide bonds. The first-order chi connectivity index (χ1) is 9.05. The maximum atomic E-state index is 12.6. The van der Waals surface area contributed by atoms with Crippen LogP contribution in [0.25, 0.3) is 0 Å². The highest BCUT2D eigenvalue weighted by Gasteiger charge is 2.40. The second-order valence-electron chi connectivity index (χ2n) is 7.11. The van der Waals surface area contributed by atoms with Crippen LogP contribution in [0.15, 0.2) is 0 Å². The van der Waals surface area contributed by atoms with Crippen LogP contribution in [0.2, 0.25) is 0 Å². The van der Waals surface area contributed by atoms with Gasteiger partial charge in [-0.25, -0.2) is 0 Å². The van der Waals surface area contributed by atoms with Crippen molar-refractivity contribution >= 4 is 5.91 Å². The lowest BCUT2D eigenvalue weighted by Crippen LogP contribution is -2.51.